The number of azide groups is 1. The van der Waals surface area contributed by atoms with Crippen LogP contribution >= 0.6 is 11.6 Å². The van der Waals surface area contributed by atoms with Gasteiger partial charge in [0, 0.05) is 54.0 Å². The van der Waals surface area contributed by atoms with Gasteiger partial charge in [0.05, 0.1) is 6.26 Å². The number of fused-ring (bicyclic) bond motifs is 2. The van der Waals surface area contributed by atoms with Gasteiger partial charge in [0.2, 0.25) is 10.0 Å². The standard InChI is InChI=1S/C20H25ClN6O2S/c1-3-26-11-13(12-27(30(2,28)29)8-7-23-25-22)9-15-14-5-4-6-17-19(14)16(10-18(15)26)20(21)24-17/h4-6,9,15,18,24H,3,7-8,10-12H2,1-2H3. The first-order valence-electron chi connectivity index (χ1n) is 10.0. The van der Waals surface area contributed by atoms with E-state index in [-0.39, 0.29) is 19.0 Å². The van der Waals surface area contributed by atoms with Gasteiger partial charge in [-0.2, -0.15) is 4.31 Å². The highest BCUT2D eigenvalue weighted by Crippen LogP contribution is 2.44. The van der Waals surface area contributed by atoms with Gasteiger partial charge in [-0.3, -0.25) is 4.90 Å². The molecule has 1 aromatic heterocycles. The SMILES string of the molecule is CCN1CC(CN(CCN=[N+]=[N-])S(C)(=O)=O)=CC2c3cccc4[nH]c(Cl)c(c34)CC21. The number of halogens is 1. The van der Waals surface area contributed by atoms with Crippen molar-refractivity contribution in [3.05, 3.63) is 56.6 Å². The van der Waals surface area contributed by atoms with Crippen LogP contribution < -0.4 is 0 Å². The largest absolute Gasteiger partial charge is 0.345 e. The minimum absolute atomic E-state index is 0.116. The number of aromatic nitrogens is 1. The summed E-state index contributed by atoms with van der Waals surface area (Å²) in [4.78, 5) is 8.42. The van der Waals surface area contributed by atoms with E-state index in [4.69, 9.17) is 17.1 Å². The summed E-state index contributed by atoms with van der Waals surface area (Å²) < 4.78 is 26.0. The maximum absolute atomic E-state index is 12.3. The maximum atomic E-state index is 12.3. The number of H-pyrrole nitrogens is 1. The third-order valence-electron chi connectivity index (χ3n) is 6.15. The Balaban J connectivity index is 1.72. The predicted molar refractivity (Wildman–Crippen MR) is 119 cm³/mol. The van der Waals surface area contributed by atoms with Gasteiger partial charge in [0.1, 0.15) is 5.15 Å². The first kappa shape index (κ1) is 21.2. The van der Waals surface area contributed by atoms with Crippen molar-refractivity contribution >= 4 is 32.5 Å². The molecule has 160 valence electrons. The molecule has 0 saturated carbocycles. The van der Waals surface area contributed by atoms with Crippen LogP contribution in [0.3, 0.4) is 0 Å². The summed E-state index contributed by atoms with van der Waals surface area (Å²) in [6.07, 6.45) is 4.30. The number of nitrogens with zero attached hydrogens (tertiary/aromatic N) is 5. The molecule has 30 heavy (non-hydrogen) atoms. The molecule has 0 bridgehead atoms. The van der Waals surface area contributed by atoms with E-state index in [1.54, 1.807) is 0 Å². The van der Waals surface area contributed by atoms with Crippen molar-refractivity contribution < 1.29 is 8.42 Å². The Morgan fingerprint density at radius 3 is 2.93 bits per heavy atom. The van der Waals surface area contributed by atoms with Crippen molar-refractivity contribution in [1.82, 2.24) is 14.2 Å². The van der Waals surface area contributed by atoms with E-state index in [1.807, 2.05) is 12.1 Å². The second kappa shape index (κ2) is 8.24. The van der Waals surface area contributed by atoms with Crippen molar-refractivity contribution in [3.63, 3.8) is 0 Å². The van der Waals surface area contributed by atoms with Gasteiger partial charge in [-0.05, 0) is 41.3 Å². The first-order valence-corrected chi connectivity index (χ1v) is 12.2. The zero-order chi connectivity index (χ0) is 21.5. The molecule has 2 aliphatic rings. The molecule has 2 unspecified atom stereocenters. The molecule has 1 aliphatic carbocycles. The molecule has 1 aliphatic heterocycles. The van der Waals surface area contributed by atoms with Gasteiger partial charge in [0.15, 0.2) is 0 Å². The Labute approximate surface area is 181 Å². The number of nitrogens with one attached hydrogen (secondary N) is 1. The monoisotopic (exact) mass is 448 g/mol. The molecule has 0 saturated heterocycles. The van der Waals surface area contributed by atoms with Crippen molar-refractivity contribution in [2.75, 3.05) is 39.0 Å². The van der Waals surface area contributed by atoms with Crippen LogP contribution in [-0.2, 0) is 16.4 Å². The fourth-order valence-electron chi connectivity index (χ4n) is 4.81. The van der Waals surface area contributed by atoms with Crippen molar-refractivity contribution in [3.8, 4) is 0 Å². The Kier molecular flexibility index (Phi) is 5.83. The molecule has 0 spiro atoms. The lowest BCUT2D eigenvalue weighted by Crippen LogP contribution is -2.47. The third kappa shape index (κ3) is 3.84. The molecule has 2 atom stereocenters. The van der Waals surface area contributed by atoms with Crippen molar-refractivity contribution in [2.24, 2.45) is 5.11 Å². The highest BCUT2D eigenvalue weighted by Gasteiger charge is 2.38. The summed E-state index contributed by atoms with van der Waals surface area (Å²) in [5.74, 6) is 0.176. The Bertz CT molecular complexity index is 1150. The Morgan fingerprint density at radius 2 is 2.23 bits per heavy atom. The number of hydrogen-bond donors (Lipinski definition) is 1. The van der Waals surface area contributed by atoms with E-state index in [0.29, 0.717) is 24.3 Å². The number of benzene rings is 1. The maximum Gasteiger partial charge on any atom is 0.211 e. The molecule has 10 heteroatoms. The summed E-state index contributed by atoms with van der Waals surface area (Å²) in [6, 6.07) is 6.52. The van der Waals surface area contributed by atoms with E-state index in [2.05, 4.69) is 39.0 Å². The van der Waals surface area contributed by atoms with Gasteiger partial charge in [-0.1, -0.05) is 41.8 Å². The average molecular weight is 449 g/mol. The number of hydrogen-bond acceptors (Lipinski definition) is 4. The molecular formula is C20H25ClN6O2S. The number of sulfonamides is 1. The second-order valence-electron chi connectivity index (χ2n) is 7.92. The minimum Gasteiger partial charge on any atom is -0.345 e. The highest BCUT2D eigenvalue weighted by atomic mass is 35.5. The van der Waals surface area contributed by atoms with Crippen LogP contribution in [0.25, 0.3) is 21.3 Å². The van der Waals surface area contributed by atoms with E-state index in [0.717, 1.165) is 24.1 Å². The molecule has 0 fully saturated rings. The van der Waals surface area contributed by atoms with E-state index >= 15 is 0 Å². The van der Waals surface area contributed by atoms with Gasteiger partial charge in [-0.25, -0.2) is 8.42 Å². The molecule has 1 N–H and O–H groups in total. The first-order chi connectivity index (χ1) is 14.3. The topological polar surface area (TPSA) is 105 Å². The average Bonchev–Trinajstić information content (AvgIpc) is 3.03. The number of aromatic amines is 1. The molecule has 1 aromatic carbocycles. The minimum atomic E-state index is -3.42. The molecule has 8 nitrogen and oxygen atoms in total. The van der Waals surface area contributed by atoms with Gasteiger partial charge in [-0.15, -0.1) is 0 Å². The van der Waals surface area contributed by atoms with Crippen LogP contribution in [0.2, 0.25) is 5.15 Å². The third-order valence-corrected chi connectivity index (χ3v) is 7.72. The van der Waals surface area contributed by atoms with Crippen molar-refractivity contribution in [2.45, 2.75) is 25.3 Å². The molecule has 0 radical (unpaired) electrons. The predicted octanol–water partition coefficient (Wildman–Crippen LogP) is 3.66. The lowest BCUT2D eigenvalue weighted by Gasteiger charge is -2.43. The van der Waals surface area contributed by atoms with Gasteiger partial charge < -0.3 is 4.98 Å². The lowest BCUT2D eigenvalue weighted by atomic mass is 9.76. The summed E-state index contributed by atoms with van der Waals surface area (Å²) in [5.41, 5.74) is 13.0. The molecule has 0 amide bonds. The van der Waals surface area contributed by atoms with Crippen LogP contribution in [0.5, 0.6) is 0 Å². The Hall–Kier alpha value is -2.03. The molecular weight excluding hydrogens is 424 g/mol. The lowest BCUT2D eigenvalue weighted by molar-refractivity contribution is 0.187. The van der Waals surface area contributed by atoms with Gasteiger partial charge >= 0.3 is 0 Å². The summed E-state index contributed by atoms with van der Waals surface area (Å²) in [5, 5.41) is 5.40. The highest BCUT2D eigenvalue weighted by molar-refractivity contribution is 7.88. The zero-order valence-corrected chi connectivity index (χ0v) is 18.6. The van der Waals surface area contributed by atoms with Crippen molar-refractivity contribution in [1.29, 1.82) is 0 Å². The fraction of sp³-hybridized carbons (Fsp3) is 0.500. The van der Waals surface area contributed by atoms with Gasteiger partial charge in [0.25, 0.3) is 0 Å². The Morgan fingerprint density at radius 1 is 1.43 bits per heavy atom. The second-order valence-corrected chi connectivity index (χ2v) is 10.3. The number of rotatable bonds is 7. The van der Waals surface area contributed by atoms with E-state index < -0.39 is 10.0 Å². The summed E-state index contributed by atoms with van der Waals surface area (Å²) in [7, 11) is -3.42. The van der Waals surface area contributed by atoms with Crippen LogP contribution in [-0.4, -0.2) is 67.6 Å². The smallest absolute Gasteiger partial charge is 0.211 e. The number of likely N-dealkylation sites (N-methyl/N-ethyl adjacent to an activating group) is 1. The summed E-state index contributed by atoms with van der Waals surface area (Å²) in [6.45, 7) is 4.29. The van der Waals surface area contributed by atoms with Crippen LogP contribution in [0, 0.1) is 0 Å². The quantitative estimate of drug-likeness (QED) is 0.302. The normalized spacial score (nSPS) is 21.4. The van der Waals surface area contributed by atoms with Crippen LogP contribution in [0.15, 0.2) is 35.0 Å². The van der Waals surface area contributed by atoms with Crippen LogP contribution in [0.4, 0.5) is 0 Å². The van der Waals surface area contributed by atoms with E-state index in [1.165, 1.54) is 27.1 Å². The molecule has 2 heterocycles. The molecule has 2 aromatic rings. The fourth-order valence-corrected chi connectivity index (χ4v) is 5.89. The molecule has 4 rings (SSSR count). The summed E-state index contributed by atoms with van der Waals surface area (Å²) >= 11 is 6.51. The van der Waals surface area contributed by atoms with Crippen LogP contribution in [0.1, 0.15) is 24.0 Å². The zero-order valence-electron chi connectivity index (χ0n) is 17.0. The van der Waals surface area contributed by atoms with E-state index in [9.17, 15) is 8.42 Å².